The van der Waals surface area contributed by atoms with Gasteiger partial charge in [-0.25, -0.2) is 4.99 Å². The molecule has 4 rings (SSSR count). The second-order valence-corrected chi connectivity index (χ2v) is 6.17. The van der Waals surface area contributed by atoms with E-state index in [1.807, 2.05) is 24.3 Å². The van der Waals surface area contributed by atoms with Crippen molar-refractivity contribution in [2.75, 3.05) is 18.5 Å². The number of hydrogen-bond acceptors (Lipinski definition) is 3. The third kappa shape index (κ3) is 3.30. The first-order valence-corrected chi connectivity index (χ1v) is 8.34. The smallest absolute Gasteiger partial charge is 0.193 e. The number of benzene rings is 2. The highest BCUT2D eigenvalue weighted by molar-refractivity contribution is 5.92. The molecular formula is C19H21N3O2. The molecule has 0 amide bonds. The number of ether oxygens (including phenoxy) is 2. The molecule has 0 spiro atoms. The van der Waals surface area contributed by atoms with Crippen LogP contribution in [0, 0.1) is 0 Å². The predicted octanol–water partition coefficient (Wildman–Crippen LogP) is 3.13. The number of rotatable bonds is 3. The number of fused-ring (bicyclic) bond motifs is 1. The fourth-order valence-corrected chi connectivity index (χ4v) is 2.98. The van der Waals surface area contributed by atoms with Crippen molar-refractivity contribution in [3.8, 4) is 11.5 Å². The van der Waals surface area contributed by atoms with E-state index in [9.17, 15) is 0 Å². The first kappa shape index (κ1) is 14.9. The Morgan fingerprint density at radius 3 is 2.67 bits per heavy atom. The Kier molecular flexibility index (Phi) is 3.99. The van der Waals surface area contributed by atoms with Gasteiger partial charge in [0, 0.05) is 24.1 Å². The normalized spacial score (nSPS) is 22.6. The number of nitrogens with zero attached hydrogens (tertiary/aromatic N) is 1. The second kappa shape index (κ2) is 6.43. The second-order valence-electron chi connectivity index (χ2n) is 6.17. The fraction of sp³-hybridized carbons (Fsp3) is 0.316. The van der Waals surface area contributed by atoms with Gasteiger partial charge in [0.2, 0.25) is 0 Å². The first-order chi connectivity index (χ1) is 11.8. The minimum atomic E-state index is 0.264. The molecule has 2 aromatic rings. The molecule has 24 heavy (non-hydrogen) atoms. The van der Waals surface area contributed by atoms with E-state index in [-0.39, 0.29) is 6.04 Å². The average Bonchev–Trinajstić information content (AvgIpc) is 3.38. The largest absolute Gasteiger partial charge is 0.490 e. The van der Waals surface area contributed by atoms with Gasteiger partial charge < -0.3 is 20.5 Å². The van der Waals surface area contributed by atoms with Crippen LogP contribution in [0.3, 0.4) is 0 Å². The van der Waals surface area contributed by atoms with E-state index in [1.165, 1.54) is 5.56 Å². The zero-order valence-electron chi connectivity index (χ0n) is 13.4. The lowest BCUT2D eigenvalue weighted by atomic mass is 10.1. The Morgan fingerprint density at radius 2 is 1.83 bits per heavy atom. The zero-order chi connectivity index (χ0) is 16.4. The minimum Gasteiger partial charge on any atom is -0.490 e. The number of nitrogens with one attached hydrogen (secondary N) is 1. The van der Waals surface area contributed by atoms with E-state index in [0.29, 0.717) is 25.1 Å². The third-order valence-corrected chi connectivity index (χ3v) is 4.31. The van der Waals surface area contributed by atoms with E-state index < -0.39 is 0 Å². The zero-order valence-corrected chi connectivity index (χ0v) is 13.4. The third-order valence-electron chi connectivity index (χ3n) is 4.31. The molecule has 2 aromatic carbocycles. The van der Waals surface area contributed by atoms with Crippen LogP contribution in [0.4, 0.5) is 5.69 Å². The molecule has 124 valence electrons. The molecule has 0 bridgehead atoms. The Bertz CT molecular complexity index is 746. The van der Waals surface area contributed by atoms with Crippen LogP contribution in [0.1, 0.15) is 24.3 Å². The quantitative estimate of drug-likeness (QED) is 0.672. The fourth-order valence-electron chi connectivity index (χ4n) is 2.98. The maximum absolute atomic E-state index is 6.06. The number of guanidine groups is 1. The molecule has 1 fully saturated rings. The van der Waals surface area contributed by atoms with Gasteiger partial charge in [-0.2, -0.15) is 0 Å². The summed E-state index contributed by atoms with van der Waals surface area (Å²) < 4.78 is 11.3. The van der Waals surface area contributed by atoms with Crippen LogP contribution in [0.5, 0.6) is 11.5 Å². The molecule has 3 N–H and O–H groups in total. The van der Waals surface area contributed by atoms with Gasteiger partial charge in [-0.1, -0.05) is 30.3 Å². The van der Waals surface area contributed by atoms with Gasteiger partial charge >= 0.3 is 0 Å². The molecule has 2 unspecified atom stereocenters. The van der Waals surface area contributed by atoms with Crippen LogP contribution in [0.15, 0.2) is 53.5 Å². The Balaban J connectivity index is 1.41. The molecule has 2 atom stereocenters. The van der Waals surface area contributed by atoms with Crippen LogP contribution in [0.25, 0.3) is 0 Å². The van der Waals surface area contributed by atoms with Gasteiger partial charge in [-0.3, -0.25) is 0 Å². The summed E-state index contributed by atoms with van der Waals surface area (Å²) in [5.74, 6) is 2.45. The summed E-state index contributed by atoms with van der Waals surface area (Å²) in [6, 6.07) is 16.5. The lowest BCUT2D eigenvalue weighted by Crippen LogP contribution is -2.23. The molecule has 1 aliphatic carbocycles. The maximum atomic E-state index is 6.06. The highest BCUT2D eigenvalue weighted by atomic mass is 16.5. The maximum Gasteiger partial charge on any atom is 0.193 e. The summed E-state index contributed by atoms with van der Waals surface area (Å²) in [4.78, 5) is 4.58. The van der Waals surface area contributed by atoms with Crippen LogP contribution in [-0.4, -0.2) is 25.2 Å². The lowest BCUT2D eigenvalue weighted by Gasteiger charge is -2.10. The topological polar surface area (TPSA) is 68.9 Å². The summed E-state index contributed by atoms with van der Waals surface area (Å²) in [5, 5.41) is 3.15. The molecule has 5 nitrogen and oxygen atoms in total. The Labute approximate surface area is 141 Å². The average molecular weight is 323 g/mol. The van der Waals surface area contributed by atoms with Gasteiger partial charge in [-0.15, -0.1) is 0 Å². The molecule has 1 heterocycles. The van der Waals surface area contributed by atoms with Gasteiger partial charge in [0.05, 0.1) is 19.3 Å². The number of anilines is 1. The van der Waals surface area contributed by atoms with Crippen molar-refractivity contribution in [3.05, 3.63) is 54.1 Å². The molecule has 5 heteroatoms. The highest BCUT2D eigenvalue weighted by Crippen LogP contribution is 2.43. The predicted molar refractivity (Wildman–Crippen MR) is 94.9 cm³/mol. The van der Waals surface area contributed by atoms with Gasteiger partial charge in [0.15, 0.2) is 17.5 Å². The minimum absolute atomic E-state index is 0.264. The highest BCUT2D eigenvalue weighted by Gasteiger charge is 2.38. The summed E-state index contributed by atoms with van der Waals surface area (Å²) in [7, 11) is 0. The van der Waals surface area contributed by atoms with Crippen molar-refractivity contribution in [1.29, 1.82) is 0 Å². The number of aliphatic imine (C=N–C) groups is 1. The van der Waals surface area contributed by atoms with Crippen molar-refractivity contribution < 1.29 is 9.47 Å². The summed E-state index contributed by atoms with van der Waals surface area (Å²) in [6.45, 7) is 1.35. The van der Waals surface area contributed by atoms with Gasteiger partial charge in [-0.05, 0) is 24.1 Å². The summed E-state index contributed by atoms with van der Waals surface area (Å²) >= 11 is 0. The van der Waals surface area contributed by atoms with Crippen molar-refractivity contribution in [3.63, 3.8) is 0 Å². The van der Waals surface area contributed by atoms with Crippen LogP contribution in [0.2, 0.25) is 0 Å². The van der Waals surface area contributed by atoms with E-state index in [0.717, 1.165) is 30.0 Å². The van der Waals surface area contributed by atoms with Crippen molar-refractivity contribution in [2.45, 2.75) is 24.8 Å². The van der Waals surface area contributed by atoms with Crippen molar-refractivity contribution in [1.82, 2.24) is 0 Å². The van der Waals surface area contributed by atoms with Crippen LogP contribution in [-0.2, 0) is 0 Å². The van der Waals surface area contributed by atoms with E-state index in [2.05, 4.69) is 34.6 Å². The van der Waals surface area contributed by atoms with E-state index >= 15 is 0 Å². The lowest BCUT2D eigenvalue weighted by molar-refractivity contribution is 0.297. The monoisotopic (exact) mass is 323 g/mol. The Hall–Kier alpha value is -2.69. The van der Waals surface area contributed by atoms with E-state index in [1.54, 1.807) is 0 Å². The SMILES string of the molecule is NC(=NC1CC1c1ccccc1)Nc1ccc2c(c1)OCCCO2. The molecular weight excluding hydrogens is 302 g/mol. The van der Waals surface area contributed by atoms with Gasteiger partial charge in [0.25, 0.3) is 0 Å². The van der Waals surface area contributed by atoms with Crippen LogP contribution < -0.4 is 20.5 Å². The Morgan fingerprint density at radius 1 is 1.04 bits per heavy atom. The number of hydrogen-bond donors (Lipinski definition) is 2. The molecule has 0 saturated heterocycles. The summed E-state index contributed by atoms with van der Waals surface area (Å²) in [5.41, 5.74) is 8.25. The standard InChI is InChI=1S/C19H21N3O2/c20-19(22-16-12-15(16)13-5-2-1-3-6-13)21-14-7-8-17-18(11-14)24-10-4-9-23-17/h1-3,5-8,11,15-16H,4,9-10,12H2,(H3,20,21,22). The molecule has 0 aromatic heterocycles. The molecule has 2 aliphatic rings. The summed E-state index contributed by atoms with van der Waals surface area (Å²) in [6.07, 6.45) is 1.94. The first-order valence-electron chi connectivity index (χ1n) is 8.34. The van der Waals surface area contributed by atoms with E-state index in [4.69, 9.17) is 15.2 Å². The van der Waals surface area contributed by atoms with Crippen molar-refractivity contribution >= 4 is 11.6 Å². The van der Waals surface area contributed by atoms with Crippen molar-refractivity contribution in [2.24, 2.45) is 10.7 Å². The molecule has 0 radical (unpaired) electrons. The van der Waals surface area contributed by atoms with Gasteiger partial charge in [0.1, 0.15) is 0 Å². The number of nitrogens with two attached hydrogens (primary N) is 1. The molecule has 1 saturated carbocycles. The van der Waals surface area contributed by atoms with Crippen LogP contribution >= 0.6 is 0 Å². The molecule has 1 aliphatic heterocycles.